The third-order valence-electron chi connectivity index (χ3n) is 4.55. The lowest BCUT2D eigenvalue weighted by atomic mass is 10.2. The average Bonchev–Trinajstić information content (AvgIpc) is 2.87. The molecule has 186 valence electrons. The topological polar surface area (TPSA) is 192 Å². The third kappa shape index (κ3) is 6.66. The van der Waals surface area contributed by atoms with Gasteiger partial charge in [0.25, 0.3) is 11.5 Å². The van der Waals surface area contributed by atoms with E-state index >= 15 is 0 Å². The number of likely N-dealkylation sites (N-methyl/N-ethyl adjacent to an activating group) is 1. The minimum atomic E-state index is -1.32. The molecule has 4 N–H and O–H groups in total. The summed E-state index contributed by atoms with van der Waals surface area (Å²) >= 11 is 5.72. The van der Waals surface area contributed by atoms with E-state index < -0.39 is 47.5 Å². The molecule has 0 spiro atoms. The number of carbonyl (C=O) groups is 4. The summed E-state index contributed by atoms with van der Waals surface area (Å²) in [6.07, 6.45) is 4.27. The van der Waals surface area contributed by atoms with Crippen LogP contribution in [0.5, 0.6) is 0 Å². The van der Waals surface area contributed by atoms with Gasteiger partial charge in [0.15, 0.2) is 5.82 Å². The van der Waals surface area contributed by atoms with E-state index in [1.807, 2.05) is 0 Å². The van der Waals surface area contributed by atoms with E-state index in [1.54, 1.807) is 12.1 Å². The van der Waals surface area contributed by atoms with Gasteiger partial charge in [0.05, 0.1) is 5.02 Å². The summed E-state index contributed by atoms with van der Waals surface area (Å²) in [5.41, 5.74) is -0.913. The maximum Gasteiger partial charge on any atom is 0.314 e. The predicted octanol–water partition coefficient (Wildman–Crippen LogP) is -0.783. The molecule has 14 nitrogen and oxygen atoms in total. The molecule has 15 heteroatoms. The lowest BCUT2D eigenvalue weighted by Crippen LogP contribution is -2.54. The van der Waals surface area contributed by atoms with Gasteiger partial charge in [-0.25, -0.2) is 4.98 Å². The van der Waals surface area contributed by atoms with Crippen molar-refractivity contribution < 1.29 is 19.2 Å². The zero-order chi connectivity index (χ0) is 26.2. The molecule has 0 fully saturated rings. The van der Waals surface area contributed by atoms with E-state index in [0.717, 1.165) is 4.90 Å². The van der Waals surface area contributed by atoms with Gasteiger partial charge in [-0.05, 0) is 24.3 Å². The monoisotopic (exact) mass is 513 g/mol. The molecule has 0 aliphatic heterocycles. The fourth-order valence-corrected chi connectivity index (χ4v) is 2.87. The SMILES string of the molecule is CN(C)C(=O)C(CNC(=O)C(=O)Nc1ccc(Cl)cn1)NC(=O)c1nnc(-c2ccncc2)[nH]c1=O. The van der Waals surface area contributed by atoms with Crippen molar-refractivity contribution in [2.24, 2.45) is 0 Å². The summed E-state index contributed by atoms with van der Waals surface area (Å²) in [5, 5.41) is 14.7. The Morgan fingerprint density at radius 2 is 1.78 bits per heavy atom. The lowest BCUT2D eigenvalue weighted by molar-refractivity contribution is -0.136. The molecule has 1 unspecified atom stereocenters. The molecule has 4 amide bonds. The van der Waals surface area contributed by atoms with Gasteiger partial charge in [0.2, 0.25) is 11.6 Å². The van der Waals surface area contributed by atoms with E-state index in [9.17, 15) is 24.0 Å². The van der Waals surface area contributed by atoms with Crippen LogP contribution in [-0.2, 0) is 14.4 Å². The summed E-state index contributed by atoms with van der Waals surface area (Å²) < 4.78 is 0. The zero-order valence-electron chi connectivity index (χ0n) is 19.0. The summed E-state index contributed by atoms with van der Waals surface area (Å²) in [4.78, 5) is 73.3. The van der Waals surface area contributed by atoms with Crippen molar-refractivity contribution in [3.05, 3.63) is 63.9 Å². The van der Waals surface area contributed by atoms with Crippen LogP contribution in [-0.4, -0.2) is 80.4 Å². The smallest absolute Gasteiger partial charge is 0.314 e. The van der Waals surface area contributed by atoms with E-state index in [0.29, 0.717) is 10.6 Å². The van der Waals surface area contributed by atoms with E-state index in [-0.39, 0.29) is 11.6 Å². The van der Waals surface area contributed by atoms with Crippen LogP contribution in [0.2, 0.25) is 5.02 Å². The van der Waals surface area contributed by atoms with Crippen LogP contribution in [0.25, 0.3) is 11.4 Å². The Bertz CT molecular complexity index is 1330. The number of nitrogens with zero attached hydrogens (tertiary/aromatic N) is 5. The van der Waals surface area contributed by atoms with Gasteiger partial charge < -0.3 is 25.8 Å². The van der Waals surface area contributed by atoms with Gasteiger partial charge in [-0.1, -0.05) is 11.6 Å². The van der Waals surface area contributed by atoms with Gasteiger partial charge in [-0.15, -0.1) is 10.2 Å². The van der Waals surface area contributed by atoms with Crippen molar-refractivity contribution in [2.75, 3.05) is 26.0 Å². The highest BCUT2D eigenvalue weighted by atomic mass is 35.5. The van der Waals surface area contributed by atoms with Crippen molar-refractivity contribution in [2.45, 2.75) is 6.04 Å². The molecule has 1 atom stereocenters. The number of nitrogens with one attached hydrogen (secondary N) is 4. The van der Waals surface area contributed by atoms with Crippen molar-refractivity contribution in [1.82, 2.24) is 40.7 Å². The molecule has 0 saturated carbocycles. The van der Waals surface area contributed by atoms with Gasteiger partial charge in [0.1, 0.15) is 11.9 Å². The standard InChI is InChI=1S/C21H20ClN9O5/c1-31(2)21(36)13(10-25-19(34)20(35)27-14-4-3-12(22)9-24-14)26-17(32)15-18(33)28-16(30-29-15)11-5-7-23-8-6-11/h3-9,13H,10H2,1-2H3,(H,25,34)(H,26,32)(H,24,27,35)(H,28,30,33). The minimum Gasteiger partial charge on any atom is -0.347 e. The zero-order valence-corrected chi connectivity index (χ0v) is 19.7. The maximum atomic E-state index is 12.7. The quantitative estimate of drug-likeness (QED) is 0.293. The molecule has 0 aliphatic rings. The van der Waals surface area contributed by atoms with E-state index in [4.69, 9.17) is 11.6 Å². The van der Waals surface area contributed by atoms with Crippen molar-refractivity contribution >= 4 is 41.0 Å². The molecule has 3 aromatic rings. The summed E-state index contributed by atoms with van der Waals surface area (Å²) in [7, 11) is 2.86. The molecule has 3 rings (SSSR count). The number of aromatic nitrogens is 5. The lowest BCUT2D eigenvalue weighted by Gasteiger charge is -2.21. The van der Waals surface area contributed by atoms with Gasteiger partial charge in [0, 0.05) is 44.8 Å². The predicted molar refractivity (Wildman–Crippen MR) is 127 cm³/mol. The summed E-state index contributed by atoms with van der Waals surface area (Å²) in [6.45, 7) is -0.455. The third-order valence-corrected chi connectivity index (χ3v) is 4.78. The van der Waals surface area contributed by atoms with Crippen LogP contribution < -0.4 is 21.5 Å². The second-order valence-electron chi connectivity index (χ2n) is 7.37. The van der Waals surface area contributed by atoms with Crippen molar-refractivity contribution in [3.8, 4) is 11.4 Å². The Labute approximate surface area is 208 Å². The Morgan fingerprint density at radius 1 is 1.06 bits per heavy atom. The Hall–Kier alpha value is -4.72. The van der Waals surface area contributed by atoms with Crippen molar-refractivity contribution in [1.29, 1.82) is 0 Å². The van der Waals surface area contributed by atoms with E-state index in [1.165, 1.54) is 44.8 Å². The fourth-order valence-electron chi connectivity index (χ4n) is 2.76. The first-order chi connectivity index (χ1) is 17.2. The number of anilines is 1. The van der Waals surface area contributed by atoms with Crippen LogP contribution in [0.15, 0.2) is 47.7 Å². The number of aromatic amines is 1. The Kier molecular flexibility index (Phi) is 8.35. The van der Waals surface area contributed by atoms with Gasteiger partial charge in [-0.2, -0.15) is 0 Å². The van der Waals surface area contributed by atoms with Gasteiger partial charge >= 0.3 is 11.8 Å². The number of carbonyl (C=O) groups excluding carboxylic acids is 4. The number of pyridine rings is 2. The second-order valence-corrected chi connectivity index (χ2v) is 7.81. The number of hydrogen-bond acceptors (Lipinski definition) is 9. The van der Waals surface area contributed by atoms with Crippen LogP contribution in [0.3, 0.4) is 0 Å². The second kappa shape index (κ2) is 11.6. The molecule has 0 radical (unpaired) electrons. The molecule has 3 aromatic heterocycles. The van der Waals surface area contributed by atoms with Crippen LogP contribution in [0.4, 0.5) is 5.82 Å². The number of amides is 4. The Balaban J connectivity index is 1.67. The number of H-pyrrole nitrogens is 1. The van der Waals surface area contributed by atoms with Gasteiger partial charge in [-0.3, -0.25) is 29.0 Å². The molecule has 0 aromatic carbocycles. The molecule has 0 aliphatic carbocycles. The normalized spacial score (nSPS) is 11.2. The summed E-state index contributed by atoms with van der Waals surface area (Å²) in [5.74, 6) is -3.55. The van der Waals surface area contributed by atoms with E-state index in [2.05, 4.69) is 41.1 Å². The first-order valence-corrected chi connectivity index (χ1v) is 10.6. The summed E-state index contributed by atoms with van der Waals surface area (Å²) in [6, 6.07) is 4.72. The molecular weight excluding hydrogens is 494 g/mol. The van der Waals surface area contributed by atoms with Crippen LogP contribution in [0.1, 0.15) is 10.5 Å². The average molecular weight is 514 g/mol. The first-order valence-electron chi connectivity index (χ1n) is 10.3. The van der Waals surface area contributed by atoms with Crippen LogP contribution in [0, 0.1) is 0 Å². The molecular formula is C21H20ClN9O5. The first kappa shape index (κ1) is 25.9. The minimum absolute atomic E-state index is 0.0850. The maximum absolute atomic E-state index is 12.7. The largest absolute Gasteiger partial charge is 0.347 e. The fraction of sp³-hybridized carbons (Fsp3) is 0.190. The van der Waals surface area contributed by atoms with Crippen molar-refractivity contribution in [3.63, 3.8) is 0 Å². The Morgan fingerprint density at radius 3 is 2.39 bits per heavy atom. The highest BCUT2D eigenvalue weighted by molar-refractivity contribution is 6.39. The molecule has 36 heavy (non-hydrogen) atoms. The number of halogens is 1. The number of rotatable bonds is 7. The van der Waals surface area contributed by atoms with Crippen LogP contribution >= 0.6 is 11.6 Å². The molecule has 3 heterocycles. The molecule has 0 bridgehead atoms. The molecule has 0 saturated heterocycles. The number of hydrogen-bond donors (Lipinski definition) is 4. The highest BCUT2D eigenvalue weighted by Crippen LogP contribution is 2.10. The highest BCUT2D eigenvalue weighted by Gasteiger charge is 2.27.